The van der Waals surface area contributed by atoms with E-state index in [2.05, 4.69) is 12.4 Å². The summed E-state index contributed by atoms with van der Waals surface area (Å²) in [5.41, 5.74) is 3.03. The van der Waals surface area contributed by atoms with Crippen molar-refractivity contribution < 1.29 is 4.84 Å². The predicted octanol–water partition coefficient (Wildman–Crippen LogP) is 2.11. The van der Waals surface area contributed by atoms with Crippen LogP contribution < -0.4 is 5.48 Å². The van der Waals surface area contributed by atoms with Crippen molar-refractivity contribution in [1.82, 2.24) is 5.48 Å². The molecule has 0 aromatic heterocycles. The van der Waals surface area contributed by atoms with Gasteiger partial charge in [0.2, 0.25) is 0 Å². The van der Waals surface area contributed by atoms with Crippen LogP contribution in [0.4, 0.5) is 0 Å². The van der Waals surface area contributed by atoms with Gasteiger partial charge in [-0.3, -0.25) is 0 Å². The van der Waals surface area contributed by atoms with Crippen LogP contribution in [0.15, 0.2) is 0 Å². The van der Waals surface area contributed by atoms with Crippen molar-refractivity contribution in [1.29, 1.82) is 0 Å². The maximum absolute atomic E-state index is 4.90. The van der Waals surface area contributed by atoms with Crippen LogP contribution in [0.2, 0.25) is 0 Å². The van der Waals surface area contributed by atoms with Gasteiger partial charge >= 0.3 is 0 Å². The largest absolute Gasteiger partial charge is 0.305 e. The van der Waals surface area contributed by atoms with E-state index in [-0.39, 0.29) is 0 Å². The molecule has 0 amide bonds. The number of rotatable bonds is 3. The molecular formula is C9H19NO. The fraction of sp³-hybridized carbons (Fsp3) is 1.00. The molecule has 1 saturated carbocycles. The van der Waals surface area contributed by atoms with Crippen molar-refractivity contribution in [2.45, 2.75) is 45.1 Å². The molecule has 0 aliphatic heterocycles. The average Bonchev–Trinajstić information content (AvgIpc) is 2.07. The number of hydrogen-bond donors (Lipinski definition) is 1. The Balaban J connectivity index is 2.14. The highest BCUT2D eigenvalue weighted by Crippen LogP contribution is 2.26. The van der Waals surface area contributed by atoms with Gasteiger partial charge in [0.25, 0.3) is 0 Å². The van der Waals surface area contributed by atoms with Crippen LogP contribution in [0.1, 0.15) is 39.0 Å². The Kier molecular flexibility index (Phi) is 3.87. The van der Waals surface area contributed by atoms with Crippen LogP contribution >= 0.6 is 0 Å². The van der Waals surface area contributed by atoms with E-state index in [1.165, 1.54) is 32.1 Å². The molecule has 0 atom stereocenters. The minimum atomic E-state index is 0.614. The van der Waals surface area contributed by atoms with Crippen molar-refractivity contribution in [3.8, 4) is 0 Å². The highest BCUT2D eigenvalue weighted by Gasteiger charge is 2.19. The van der Waals surface area contributed by atoms with Crippen LogP contribution in [-0.4, -0.2) is 13.2 Å². The molecular weight excluding hydrogens is 138 g/mol. The molecule has 0 aromatic carbocycles. The number of hydroxylamine groups is 1. The second-order valence-electron chi connectivity index (χ2n) is 3.45. The monoisotopic (exact) mass is 157 g/mol. The van der Waals surface area contributed by atoms with E-state index in [4.69, 9.17) is 4.84 Å². The zero-order chi connectivity index (χ0) is 8.10. The summed E-state index contributed by atoms with van der Waals surface area (Å²) in [6, 6.07) is 0.614. The Bertz CT molecular complexity index is 97.7. The van der Waals surface area contributed by atoms with Gasteiger partial charge in [-0.1, -0.05) is 13.3 Å². The van der Waals surface area contributed by atoms with E-state index in [0.717, 1.165) is 5.92 Å². The molecule has 0 aromatic rings. The second-order valence-corrected chi connectivity index (χ2v) is 3.45. The molecule has 1 aliphatic carbocycles. The van der Waals surface area contributed by atoms with E-state index in [9.17, 15) is 0 Å². The summed E-state index contributed by atoms with van der Waals surface area (Å²) in [7, 11) is 1.70. The molecule has 1 N–H and O–H groups in total. The van der Waals surface area contributed by atoms with E-state index in [0.29, 0.717) is 6.04 Å². The molecule has 66 valence electrons. The minimum Gasteiger partial charge on any atom is -0.305 e. The third-order valence-corrected chi connectivity index (χ3v) is 2.71. The van der Waals surface area contributed by atoms with Crippen LogP contribution in [-0.2, 0) is 4.84 Å². The summed E-state index contributed by atoms with van der Waals surface area (Å²) < 4.78 is 0. The minimum absolute atomic E-state index is 0.614. The molecule has 0 unspecified atom stereocenters. The van der Waals surface area contributed by atoms with Gasteiger partial charge in [0.05, 0.1) is 7.11 Å². The quantitative estimate of drug-likeness (QED) is 0.633. The molecule has 1 fully saturated rings. The smallest absolute Gasteiger partial charge is 0.0572 e. The Labute approximate surface area is 69.3 Å². The molecule has 1 aliphatic rings. The van der Waals surface area contributed by atoms with Gasteiger partial charge in [0.15, 0.2) is 0 Å². The Morgan fingerprint density at radius 1 is 1.27 bits per heavy atom. The molecule has 2 nitrogen and oxygen atoms in total. The van der Waals surface area contributed by atoms with Gasteiger partial charge in [-0.25, -0.2) is 0 Å². The van der Waals surface area contributed by atoms with Crippen molar-refractivity contribution in [3.63, 3.8) is 0 Å². The summed E-state index contributed by atoms with van der Waals surface area (Å²) >= 11 is 0. The Morgan fingerprint density at radius 2 is 1.91 bits per heavy atom. The van der Waals surface area contributed by atoms with Gasteiger partial charge in [-0.15, -0.1) is 0 Å². The van der Waals surface area contributed by atoms with Crippen molar-refractivity contribution in [2.75, 3.05) is 7.11 Å². The molecule has 1 rings (SSSR count). The zero-order valence-corrected chi connectivity index (χ0v) is 7.60. The summed E-state index contributed by atoms with van der Waals surface area (Å²) in [5.74, 6) is 0.977. The average molecular weight is 157 g/mol. The maximum atomic E-state index is 4.90. The van der Waals surface area contributed by atoms with Crippen LogP contribution in [0, 0.1) is 5.92 Å². The van der Waals surface area contributed by atoms with Crippen LogP contribution in [0.5, 0.6) is 0 Å². The van der Waals surface area contributed by atoms with Gasteiger partial charge in [0.1, 0.15) is 0 Å². The summed E-state index contributed by atoms with van der Waals surface area (Å²) in [5, 5.41) is 0. The van der Waals surface area contributed by atoms with Crippen molar-refractivity contribution >= 4 is 0 Å². The first-order chi connectivity index (χ1) is 5.36. The molecule has 0 heterocycles. The molecule has 0 spiro atoms. The van der Waals surface area contributed by atoms with Gasteiger partial charge < -0.3 is 4.84 Å². The summed E-state index contributed by atoms with van der Waals surface area (Å²) in [6.45, 7) is 2.29. The standard InChI is InChI=1S/C9H19NO/c1-3-8-4-6-9(7-5-8)10-11-2/h8-10H,3-7H2,1-2H3. The molecule has 0 radical (unpaired) electrons. The molecule has 11 heavy (non-hydrogen) atoms. The highest BCUT2D eigenvalue weighted by molar-refractivity contribution is 4.73. The van der Waals surface area contributed by atoms with Crippen molar-refractivity contribution in [2.24, 2.45) is 5.92 Å². The highest BCUT2D eigenvalue weighted by atomic mass is 16.6. The molecule has 2 heteroatoms. The summed E-state index contributed by atoms with van der Waals surface area (Å²) in [4.78, 5) is 4.90. The van der Waals surface area contributed by atoms with Gasteiger partial charge in [-0.05, 0) is 31.6 Å². The lowest BCUT2D eigenvalue weighted by Crippen LogP contribution is -2.32. The first kappa shape index (κ1) is 9.01. The topological polar surface area (TPSA) is 21.3 Å². The third kappa shape index (κ3) is 2.80. The summed E-state index contributed by atoms with van der Waals surface area (Å²) in [6.07, 6.45) is 6.66. The van der Waals surface area contributed by atoms with Crippen LogP contribution in [0.25, 0.3) is 0 Å². The van der Waals surface area contributed by atoms with Crippen LogP contribution in [0.3, 0.4) is 0 Å². The van der Waals surface area contributed by atoms with Gasteiger partial charge in [-0.2, -0.15) is 5.48 Å². The fourth-order valence-corrected chi connectivity index (χ4v) is 1.86. The number of hydrogen-bond acceptors (Lipinski definition) is 2. The lowest BCUT2D eigenvalue weighted by molar-refractivity contribution is 0.0430. The third-order valence-electron chi connectivity index (χ3n) is 2.71. The second kappa shape index (κ2) is 4.73. The van der Waals surface area contributed by atoms with E-state index in [1.54, 1.807) is 7.11 Å². The normalized spacial score (nSPS) is 32.2. The lowest BCUT2D eigenvalue weighted by Gasteiger charge is -2.27. The van der Waals surface area contributed by atoms with Gasteiger partial charge in [0, 0.05) is 6.04 Å². The predicted molar refractivity (Wildman–Crippen MR) is 46.2 cm³/mol. The van der Waals surface area contributed by atoms with E-state index < -0.39 is 0 Å². The fourth-order valence-electron chi connectivity index (χ4n) is 1.86. The molecule has 0 saturated heterocycles. The SMILES string of the molecule is CCC1CCC(NOC)CC1. The maximum Gasteiger partial charge on any atom is 0.0572 e. The number of nitrogens with one attached hydrogen (secondary N) is 1. The van der Waals surface area contributed by atoms with E-state index in [1.807, 2.05) is 0 Å². The lowest BCUT2D eigenvalue weighted by atomic mass is 9.85. The Hall–Kier alpha value is -0.0800. The molecule has 0 bridgehead atoms. The first-order valence-corrected chi connectivity index (χ1v) is 4.65. The van der Waals surface area contributed by atoms with Crippen molar-refractivity contribution in [3.05, 3.63) is 0 Å². The van der Waals surface area contributed by atoms with E-state index >= 15 is 0 Å². The first-order valence-electron chi connectivity index (χ1n) is 4.65. The zero-order valence-electron chi connectivity index (χ0n) is 7.60. The Morgan fingerprint density at radius 3 is 2.36 bits per heavy atom.